The van der Waals surface area contributed by atoms with Crippen LogP contribution in [0.1, 0.15) is 47.0 Å². The lowest BCUT2D eigenvalue weighted by atomic mass is 10.1. The third-order valence-corrected chi connectivity index (χ3v) is 4.01. The fourth-order valence-corrected chi connectivity index (χ4v) is 2.82. The highest BCUT2D eigenvalue weighted by molar-refractivity contribution is 5.69. The number of carbonyl (C=O) groups is 2. The summed E-state index contributed by atoms with van der Waals surface area (Å²) in [5, 5.41) is 11.7. The normalized spacial score (nSPS) is 19.9. The molecule has 1 aliphatic heterocycles. The fraction of sp³-hybridized carbons (Fsp3) is 0.882. The highest BCUT2D eigenvalue weighted by atomic mass is 16.6. The maximum atomic E-state index is 11.5. The van der Waals surface area contributed by atoms with Gasteiger partial charge in [0.2, 0.25) is 0 Å². The van der Waals surface area contributed by atoms with Crippen LogP contribution in [0.25, 0.3) is 0 Å². The van der Waals surface area contributed by atoms with Crippen LogP contribution in [0.4, 0.5) is 4.79 Å². The summed E-state index contributed by atoms with van der Waals surface area (Å²) in [7, 11) is 0. The second-order valence-electron chi connectivity index (χ2n) is 7.50. The molecule has 0 unspecified atom stereocenters. The van der Waals surface area contributed by atoms with Gasteiger partial charge in [0.25, 0.3) is 0 Å². The third-order valence-electron chi connectivity index (χ3n) is 4.01. The minimum Gasteiger partial charge on any atom is -0.480 e. The lowest BCUT2D eigenvalue weighted by Crippen LogP contribution is -2.53. The van der Waals surface area contributed by atoms with Gasteiger partial charge in [-0.1, -0.05) is 6.42 Å². The highest BCUT2D eigenvalue weighted by Crippen LogP contribution is 2.10. The van der Waals surface area contributed by atoms with Crippen LogP contribution in [0.5, 0.6) is 0 Å². The summed E-state index contributed by atoms with van der Waals surface area (Å²) in [5.74, 6) is -0.757. The predicted molar refractivity (Wildman–Crippen MR) is 93.2 cm³/mol. The number of carboxylic acid groups (broad SMARTS) is 1. The molecular formula is C17H33N3O4. The molecular weight excluding hydrogens is 310 g/mol. The number of alkyl carbamates (subject to hydrolysis) is 1. The number of carboxylic acids is 1. The summed E-state index contributed by atoms with van der Waals surface area (Å²) in [6.45, 7) is 12.1. The van der Waals surface area contributed by atoms with Gasteiger partial charge < -0.3 is 20.1 Å². The van der Waals surface area contributed by atoms with Crippen molar-refractivity contribution in [3.05, 3.63) is 0 Å². The molecule has 7 nitrogen and oxygen atoms in total. The number of nitrogens with zero attached hydrogens (tertiary/aromatic N) is 2. The van der Waals surface area contributed by atoms with Crippen molar-refractivity contribution in [2.45, 2.75) is 58.6 Å². The number of unbranched alkanes of at least 4 members (excludes halogenated alkanes) is 2. The molecule has 1 amide bonds. The number of hydrogen-bond acceptors (Lipinski definition) is 5. The topological polar surface area (TPSA) is 82.1 Å². The number of ether oxygens (including phenoxy) is 1. The average Bonchev–Trinajstić information content (AvgIpc) is 2.43. The molecule has 0 aromatic carbocycles. The van der Waals surface area contributed by atoms with Gasteiger partial charge >= 0.3 is 12.1 Å². The van der Waals surface area contributed by atoms with Gasteiger partial charge in [-0.2, -0.15) is 0 Å². The summed E-state index contributed by atoms with van der Waals surface area (Å²) in [6, 6.07) is 0.281. The van der Waals surface area contributed by atoms with Gasteiger partial charge in [-0.25, -0.2) is 4.79 Å². The molecule has 1 rings (SSSR count). The molecule has 2 N–H and O–H groups in total. The van der Waals surface area contributed by atoms with Gasteiger partial charge in [0.05, 0.1) is 6.54 Å². The van der Waals surface area contributed by atoms with Crippen molar-refractivity contribution in [2.75, 3.05) is 39.3 Å². The molecule has 0 radical (unpaired) electrons. The van der Waals surface area contributed by atoms with Crippen molar-refractivity contribution in [1.29, 1.82) is 0 Å². The number of amides is 1. The second kappa shape index (κ2) is 9.84. The van der Waals surface area contributed by atoms with Crippen LogP contribution in [0.2, 0.25) is 0 Å². The molecule has 0 spiro atoms. The van der Waals surface area contributed by atoms with Crippen molar-refractivity contribution in [3.8, 4) is 0 Å². The van der Waals surface area contributed by atoms with Crippen molar-refractivity contribution < 1.29 is 19.4 Å². The van der Waals surface area contributed by atoms with Crippen LogP contribution in [-0.4, -0.2) is 77.9 Å². The number of piperazine rings is 1. The van der Waals surface area contributed by atoms with Gasteiger partial charge in [-0.15, -0.1) is 0 Å². The van der Waals surface area contributed by atoms with Crippen molar-refractivity contribution in [2.24, 2.45) is 0 Å². The zero-order valence-corrected chi connectivity index (χ0v) is 15.5. The Bertz CT molecular complexity index is 409. The monoisotopic (exact) mass is 343 g/mol. The summed E-state index contributed by atoms with van der Waals surface area (Å²) >= 11 is 0. The highest BCUT2D eigenvalue weighted by Gasteiger charge is 2.24. The summed E-state index contributed by atoms with van der Waals surface area (Å²) < 4.78 is 5.18. The van der Waals surface area contributed by atoms with E-state index in [0.29, 0.717) is 6.54 Å². The molecule has 1 atom stereocenters. The zero-order chi connectivity index (χ0) is 18.2. The third kappa shape index (κ3) is 9.08. The largest absolute Gasteiger partial charge is 0.480 e. The van der Waals surface area contributed by atoms with E-state index in [4.69, 9.17) is 9.84 Å². The molecule has 1 saturated heterocycles. The molecule has 0 aromatic rings. The predicted octanol–water partition coefficient (Wildman–Crippen LogP) is 1.77. The van der Waals surface area contributed by atoms with Gasteiger partial charge in [0.15, 0.2) is 0 Å². The minimum absolute atomic E-state index is 0.130. The maximum Gasteiger partial charge on any atom is 0.407 e. The van der Waals surface area contributed by atoms with Crippen LogP contribution in [0.3, 0.4) is 0 Å². The lowest BCUT2D eigenvalue weighted by molar-refractivity contribution is -0.139. The van der Waals surface area contributed by atoms with E-state index >= 15 is 0 Å². The molecule has 1 fully saturated rings. The van der Waals surface area contributed by atoms with Gasteiger partial charge in [-0.3, -0.25) is 9.69 Å². The Morgan fingerprint density at radius 1 is 1.21 bits per heavy atom. The van der Waals surface area contributed by atoms with E-state index in [9.17, 15) is 9.59 Å². The van der Waals surface area contributed by atoms with E-state index < -0.39 is 11.6 Å². The standard InChI is InChI=1S/C17H33N3O4/c1-14-12-19(10-11-20(14)13-15(21)22)9-7-5-6-8-18-16(23)24-17(2,3)4/h14H,5-13H2,1-4H3,(H,18,23)(H,21,22)/t14-/m1/s1. The van der Waals surface area contributed by atoms with E-state index in [0.717, 1.165) is 45.4 Å². The smallest absolute Gasteiger partial charge is 0.407 e. The molecule has 0 aromatic heterocycles. The van der Waals surface area contributed by atoms with Crippen LogP contribution in [0.15, 0.2) is 0 Å². The van der Waals surface area contributed by atoms with Crippen molar-refractivity contribution >= 4 is 12.1 Å². The molecule has 1 heterocycles. The average molecular weight is 343 g/mol. The number of nitrogens with one attached hydrogen (secondary N) is 1. The van der Waals surface area contributed by atoms with Crippen LogP contribution < -0.4 is 5.32 Å². The molecule has 0 saturated carbocycles. The van der Waals surface area contributed by atoms with E-state index in [1.807, 2.05) is 25.7 Å². The Morgan fingerprint density at radius 3 is 2.50 bits per heavy atom. The van der Waals surface area contributed by atoms with Crippen LogP contribution in [-0.2, 0) is 9.53 Å². The summed E-state index contributed by atoms with van der Waals surface area (Å²) in [6.07, 6.45) is 2.72. The Hall–Kier alpha value is -1.34. The Balaban J connectivity index is 2.06. The van der Waals surface area contributed by atoms with Crippen LogP contribution in [0, 0.1) is 0 Å². The van der Waals surface area contributed by atoms with E-state index in [2.05, 4.69) is 17.1 Å². The Kier molecular flexibility index (Phi) is 8.48. The minimum atomic E-state index is -0.757. The summed E-state index contributed by atoms with van der Waals surface area (Å²) in [4.78, 5) is 26.7. The maximum absolute atomic E-state index is 11.5. The molecule has 7 heteroatoms. The number of rotatable bonds is 8. The van der Waals surface area contributed by atoms with Gasteiger partial charge in [-0.05, 0) is 47.1 Å². The first-order chi connectivity index (χ1) is 11.2. The Labute approximate surface area is 145 Å². The zero-order valence-electron chi connectivity index (χ0n) is 15.5. The van der Waals surface area contributed by atoms with E-state index in [-0.39, 0.29) is 18.7 Å². The first kappa shape index (κ1) is 20.7. The lowest BCUT2D eigenvalue weighted by Gasteiger charge is -2.39. The van der Waals surface area contributed by atoms with E-state index in [1.165, 1.54) is 0 Å². The summed E-state index contributed by atoms with van der Waals surface area (Å²) in [5.41, 5.74) is -0.455. The van der Waals surface area contributed by atoms with Gasteiger partial charge in [0, 0.05) is 32.2 Å². The quantitative estimate of drug-likeness (QED) is 0.654. The number of hydrogen-bond donors (Lipinski definition) is 2. The number of carbonyl (C=O) groups excluding carboxylic acids is 1. The van der Waals surface area contributed by atoms with Crippen molar-refractivity contribution in [3.63, 3.8) is 0 Å². The Morgan fingerprint density at radius 2 is 1.92 bits per heavy atom. The SMILES string of the molecule is C[C@@H]1CN(CCCCCNC(=O)OC(C)(C)C)CCN1CC(=O)O. The first-order valence-electron chi connectivity index (χ1n) is 8.82. The molecule has 24 heavy (non-hydrogen) atoms. The second-order valence-corrected chi connectivity index (χ2v) is 7.50. The van der Waals surface area contributed by atoms with E-state index in [1.54, 1.807) is 0 Å². The van der Waals surface area contributed by atoms with Gasteiger partial charge in [0.1, 0.15) is 5.60 Å². The molecule has 0 bridgehead atoms. The molecule has 1 aliphatic rings. The molecule has 140 valence electrons. The van der Waals surface area contributed by atoms with Crippen LogP contribution >= 0.6 is 0 Å². The molecule has 0 aliphatic carbocycles. The first-order valence-corrected chi connectivity index (χ1v) is 8.82. The fourth-order valence-electron chi connectivity index (χ4n) is 2.82. The number of aliphatic carboxylic acids is 1. The van der Waals surface area contributed by atoms with Crippen molar-refractivity contribution in [1.82, 2.24) is 15.1 Å².